The Morgan fingerprint density at radius 2 is 2.19 bits per heavy atom. The van der Waals surface area contributed by atoms with Crippen LogP contribution in [0.1, 0.15) is 12.6 Å². The summed E-state index contributed by atoms with van der Waals surface area (Å²) in [5.74, 6) is -0.130. The summed E-state index contributed by atoms with van der Waals surface area (Å²) in [6.45, 7) is -5.03. The van der Waals surface area contributed by atoms with Gasteiger partial charge in [0, 0.05) is 6.42 Å². The molecule has 17 heteroatoms. The number of imidazole rings is 1. The lowest BCUT2D eigenvalue weighted by atomic mass is 10.2. The lowest BCUT2D eigenvalue weighted by Gasteiger charge is -2.18. The number of hydrogen-bond acceptors (Lipinski definition) is 10. The fourth-order valence-corrected chi connectivity index (χ4v) is 4.87. The van der Waals surface area contributed by atoms with Crippen molar-refractivity contribution in [3.63, 3.8) is 0 Å². The molecule has 1 fully saturated rings. The van der Waals surface area contributed by atoms with E-state index in [1.54, 1.807) is 0 Å². The molecule has 3 rings (SSSR count). The Balaban J connectivity index is 1.73. The van der Waals surface area contributed by atoms with E-state index in [0.717, 1.165) is 0 Å². The highest BCUT2D eigenvalue weighted by Gasteiger charge is 2.39. The van der Waals surface area contributed by atoms with Gasteiger partial charge >= 0.3 is 14.5 Å². The van der Waals surface area contributed by atoms with Crippen molar-refractivity contribution in [2.45, 2.75) is 24.9 Å². The summed E-state index contributed by atoms with van der Waals surface area (Å²) in [6.07, 6.45) is -1.68. The van der Waals surface area contributed by atoms with Crippen LogP contribution in [-0.2, 0) is 29.9 Å². The molecule has 7 N–H and O–H groups in total. The number of nitrogen functional groups attached to an aromatic ring is 1. The summed E-state index contributed by atoms with van der Waals surface area (Å²) >= 11 is 4.10. The molecule has 0 radical (unpaired) electrons. The van der Waals surface area contributed by atoms with E-state index in [-0.39, 0.29) is 23.5 Å². The molecule has 0 amide bonds. The Hall–Kier alpha value is -1.25. The minimum Gasteiger partial charge on any atom is -0.390 e. The third-order valence-corrected chi connectivity index (χ3v) is 6.33. The van der Waals surface area contributed by atoms with E-state index >= 15 is 0 Å². The van der Waals surface area contributed by atoms with Gasteiger partial charge < -0.3 is 30.3 Å². The van der Waals surface area contributed by atoms with Gasteiger partial charge in [-0.3, -0.25) is 18.9 Å². The zero-order valence-corrected chi connectivity index (χ0v) is 15.9. The number of fused-ring (bicyclic) bond motifs is 1. The molecule has 150 valence electrons. The Labute approximate surface area is 155 Å². The van der Waals surface area contributed by atoms with Crippen LogP contribution in [0.3, 0.4) is 0 Å². The zero-order valence-electron chi connectivity index (χ0n) is 13.3. The van der Waals surface area contributed by atoms with Crippen LogP contribution in [0.2, 0.25) is 0 Å². The number of anilines is 1. The number of H-pyrrole nitrogens is 1. The average Bonchev–Trinajstić information content (AvgIpc) is 3.06. The number of rotatable bonds is 6. The maximum Gasteiger partial charge on any atom is 0.479 e. The molecule has 0 saturated carbocycles. The molecular weight excluding hydrogens is 428 g/mol. The smallest absolute Gasteiger partial charge is 0.390 e. The summed E-state index contributed by atoms with van der Waals surface area (Å²) in [6, 6.07) is 0. The van der Waals surface area contributed by atoms with Crippen molar-refractivity contribution in [1.82, 2.24) is 19.5 Å². The monoisotopic (exact) mass is 443 g/mol. The van der Waals surface area contributed by atoms with Gasteiger partial charge in [0.2, 0.25) is 5.95 Å². The maximum atomic E-state index is 11.8. The van der Waals surface area contributed by atoms with Gasteiger partial charge in [0.25, 0.3) is 5.56 Å². The van der Waals surface area contributed by atoms with Crippen LogP contribution in [0.15, 0.2) is 11.1 Å². The Morgan fingerprint density at radius 1 is 1.48 bits per heavy atom. The Morgan fingerprint density at radius 3 is 2.85 bits per heavy atom. The molecule has 1 saturated heterocycles. The molecule has 0 spiro atoms. The van der Waals surface area contributed by atoms with Crippen molar-refractivity contribution in [2.24, 2.45) is 0 Å². The fraction of sp³-hybridized carbons (Fsp3) is 0.500. The predicted octanol–water partition coefficient (Wildman–Crippen LogP) is -1.31. The van der Waals surface area contributed by atoms with E-state index in [1.807, 2.05) is 0 Å². The van der Waals surface area contributed by atoms with Crippen LogP contribution in [0, 0.1) is 0 Å². The van der Waals surface area contributed by atoms with Gasteiger partial charge in [-0.15, -0.1) is 0 Å². The summed E-state index contributed by atoms with van der Waals surface area (Å²) < 4.78 is 27.1. The Bertz CT molecular complexity index is 1000. The summed E-state index contributed by atoms with van der Waals surface area (Å²) in [5, 5.41) is 10.1. The third-order valence-electron chi connectivity index (χ3n) is 3.58. The van der Waals surface area contributed by atoms with Gasteiger partial charge in [-0.25, -0.2) is 13.9 Å². The minimum atomic E-state index is -4.86. The van der Waals surface area contributed by atoms with Crippen molar-refractivity contribution in [2.75, 3.05) is 12.3 Å². The number of nitrogens with zero attached hydrogens (tertiary/aromatic N) is 3. The van der Waals surface area contributed by atoms with Crippen LogP contribution >= 0.6 is 14.5 Å². The van der Waals surface area contributed by atoms with Crippen molar-refractivity contribution in [1.29, 1.82) is 0 Å². The number of nitrogens with one attached hydrogen (secondary N) is 1. The molecule has 4 atom stereocenters. The first-order chi connectivity index (χ1) is 12.5. The highest BCUT2D eigenvalue weighted by atomic mass is 32.5. The number of nitrogens with two attached hydrogens (primary N) is 1. The second-order valence-electron chi connectivity index (χ2n) is 5.54. The molecular formula is C10H15N5O9P2S. The molecule has 2 aromatic rings. The predicted molar refractivity (Wildman–Crippen MR) is 92.7 cm³/mol. The van der Waals surface area contributed by atoms with Gasteiger partial charge in [0.15, 0.2) is 11.2 Å². The number of aliphatic hydroxyl groups excluding tert-OH is 1. The van der Waals surface area contributed by atoms with Crippen LogP contribution in [-0.4, -0.2) is 58.1 Å². The van der Waals surface area contributed by atoms with E-state index in [9.17, 15) is 19.4 Å². The van der Waals surface area contributed by atoms with Crippen LogP contribution in [0.25, 0.3) is 11.2 Å². The van der Waals surface area contributed by atoms with Gasteiger partial charge in [-0.05, 0) is 11.8 Å². The summed E-state index contributed by atoms with van der Waals surface area (Å²) in [5.41, 5.74) is 5.12. The van der Waals surface area contributed by atoms with E-state index in [4.69, 9.17) is 20.3 Å². The molecule has 14 nitrogen and oxygen atoms in total. The number of phosphoric ester groups is 1. The lowest BCUT2D eigenvalue weighted by Crippen LogP contribution is -2.26. The molecule has 0 aliphatic carbocycles. The maximum absolute atomic E-state index is 11.8. The van der Waals surface area contributed by atoms with Crippen LogP contribution < -0.4 is 11.3 Å². The van der Waals surface area contributed by atoms with Crippen LogP contribution in [0.4, 0.5) is 5.95 Å². The molecule has 2 aromatic heterocycles. The molecule has 0 bridgehead atoms. The first kappa shape index (κ1) is 20.5. The van der Waals surface area contributed by atoms with Gasteiger partial charge in [0.05, 0.1) is 19.0 Å². The first-order valence-electron chi connectivity index (χ1n) is 7.25. The lowest BCUT2D eigenvalue weighted by molar-refractivity contribution is -0.0421. The SMILES string of the molecule is Nc1nc2c(ncn2[C@H]2C[C@H](O)[C@@H](COP(=O)(O)OP(O)(O)=S)O2)c(=O)[nH]1. The van der Waals surface area contributed by atoms with Gasteiger partial charge in [-0.2, -0.15) is 4.98 Å². The molecule has 1 aliphatic rings. The topological polar surface area (TPSA) is 215 Å². The van der Waals surface area contributed by atoms with E-state index in [0.29, 0.717) is 0 Å². The first-order valence-corrected chi connectivity index (χ1v) is 11.4. The zero-order chi connectivity index (χ0) is 20.0. The molecule has 27 heavy (non-hydrogen) atoms. The highest BCUT2D eigenvalue weighted by molar-refractivity contribution is 8.08. The van der Waals surface area contributed by atoms with Gasteiger partial charge in [-0.1, -0.05) is 0 Å². The number of ether oxygens (including phenoxy) is 1. The quantitative estimate of drug-likeness (QED) is 0.286. The van der Waals surface area contributed by atoms with Crippen molar-refractivity contribution in [3.8, 4) is 0 Å². The molecule has 1 unspecified atom stereocenters. The average molecular weight is 443 g/mol. The number of aromatic nitrogens is 4. The highest BCUT2D eigenvalue weighted by Crippen LogP contribution is 2.58. The van der Waals surface area contributed by atoms with E-state index in [2.05, 4.69) is 35.6 Å². The number of hydrogen-bond donors (Lipinski definition) is 6. The molecule has 0 aromatic carbocycles. The van der Waals surface area contributed by atoms with E-state index < -0.39 is 45.1 Å². The summed E-state index contributed by atoms with van der Waals surface area (Å²) in [7, 11) is -4.86. The van der Waals surface area contributed by atoms with Crippen molar-refractivity contribution >= 4 is 43.5 Å². The standard InChI is InChI=1S/C10H15N5O9P2S/c11-10-13-8-7(9(17)14-10)12-3-15(8)6-1-4(16)5(23-6)2-22-25(18,19)24-26(20,21)27/h3-6,16H,1-2H2,(H,18,19)(H2,20,21,27)(H3,11,13,14,17)/t4-,5+,6+/m0/s1. The van der Waals surface area contributed by atoms with Gasteiger partial charge in [0.1, 0.15) is 12.3 Å². The number of phosphoric acid groups is 1. The van der Waals surface area contributed by atoms with Crippen molar-refractivity contribution in [3.05, 3.63) is 16.7 Å². The molecule has 1 aliphatic heterocycles. The number of aromatic amines is 1. The normalized spacial score (nSPS) is 25.7. The van der Waals surface area contributed by atoms with Crippen molar-refractivity contribution < 1.29 is 37.9 Å². The second-order valence-corrected chi connectivity index (χ2v) is 9.80. The Kier molecular flexibility index (Phi) is 5.53. The molecule has 3 heterocycles. The summed E-state index contributed by atoms with van der Waals surface area (Å²) in [4.78, 5) is 49.2. The van der Waals surface area contributed by atoms with Crippen LogP contribution in [0.5, 0.6) is 0 Å². The minimum absolute atomic E-state index is 0.0203. The third kappa shape index (κ3) is 4.78. The number of aliphatic hydroxyl groups is 1. The largest absolute Gasteiger partial charge is 0.479 e. The fourth-order valence-electron chi connectivity index (χ4n) is 2.52. The second kappa shape index (κ2) is 7.29. The van der Waals surface area contributed by atoms with E-state index in [1.165, 1.54) is 10.9 Å².